The van der Waals surface area contributed by atoms with Crippen LogP contribution in [0.3, 0.4) is 0 Å². The van der Waals surface area contributed by atoms with E-state index >= 15 is 0 Å². The maximum absolute atomic E-state index is 12.6. The smallest absolute Gasteiger partial charge is 0.257 e. The van der Waals surface area contributed by atoms with Gasteiger partial charge in [-0.05, 0) is 43.8 Å². The van der Waals surface area contributed by atoms with Crippen molar-refractivity contribution in [2.75, 3.05) is 19.6 Å². The minimum atomic E-state index is 0.0450. The number of nitrogens with zero attached hydrogens (tertiary/aromatic N) is 3. The van der Waals surface area contributed by atoms with Crippen molar-refractivity contribution in [2.45, 2.75) is 38.5 Å². The highest BCUT2D eigenvalue weighted by molar-refractivity contribution is 7.14. The Morgan fingerprint density at radius 2 is 2.04 bits per heavy atom. The third-order valence-electron chi connectivity index (χ3n) is 5.29. The van der Waals surface area contributed by atoms with Crippen LogP contribution < -0.4 is 5.56 Å². The molecule has 0 spiro atoms. The lowest BCUT2D eigenvalue weighted by molar-refractivity contribution is 0.0844. The molecular formula is C18H23N3OS. The third kappa shape index (κ3) is 2.66. The van der Waals surface area contributed by atoms with Gasteiger partial charge >= 0.3 is 0 Å². The van der Waals surface area contributed by atoms with Gasteiger partial charge in [0.05, 0.1) is 0 Å². The molecule has 3 aliphatic heterocycles. The Kier molecular flexibility index (Phi) is 3.85. The van der Waals surface area contributed by atoms with Crippen molar-refractivity contribution in [1.29, 1.82) is 0 Å². The van der Waals surface area contributed by atoms with Crippen LogP contribution in [0.2, 0.25) is 0 Å². The van der Waals surface area contributed by atoms with E-state index in [2.05, 4.69) is 29.8 Å². The summed E-state index contributed by atoms with van der Waals surface area (Å²) in [7, 11) is 0. The highest BCUT2D eigenvalue weighted by atomic mass is 32.1. The predicted molar refractivity (Wildman–Crippen MR) is 93.7 cm³/mol. The summed E-state index contributed by atoms with van der Waals surface area (Å²) in [6.45, 7) is 7.84. The quantitative estimate of drug-likeness (QED) is 0.868. The SMILES string of the molecule is CC(C)c1cnc(-n2c(C3CN4CCC3CC4)cccc2=O)s1. The number of rotatable bonds is 3. The topological polar surface area (TPSA) is 38.1 Å². The molecule has 0 radical (unpaired) electrons. The van der Waals surface area contributed by atoms with Gasteiger partial charge in [0, 0.05) is 35.3 Å². The first-order chi connectivity index (χ1) is 11.1. The molecule has 0 N–H and O–H groups in total. The van der Waals surface area contributed by atoms with E-state index in [-0.39, 0.29) is 5.56 Å². The second-order valence-corrected chi connectivity index (χ2v) is 8.11. The van der Waals surface area contributed by atoms with Gasteiger partial charge in [0.15, 0.2) is 5.13 Å². The summed E-state index contributed by atoms with van der Waals surface area (Å²) in [6, 6.07) is 5.69. The molecule has 0 amide bonds. The zero-order valence-electron chi connectivity index (χ0n) is 13.7. The zero-order valence-corrected chi connectivity index (χ0v) is 14.6. The number of hydrogen-bond donors (Lipinski definition) is 0. The fraction of sp³-hybridized carbons (Fsp3) is 0.556. The highest BCUT2D eigenvalue weighted by Gasteiger charge is 2.36. The summed E-state index contributed by atoms with van der Waals surface area (Å²) in [4.78, 5) is 20.9. The molecule has 1 unspecified atom stereocenters. The fourth-order valence-corrected chi connectivity index (χ4v) is 4.89. The number of piperidine rings is 3. The Hall–Kier alpha value is -1.46. The molecule has 3 fully saturated rings. The lowest BCUT2D eigenvalue weighted by Crippen LogP contribution is -2.47. The average Bonchev–Trinajstić information content (AvgIpc) is 3.05. The maximum Gasteiger partial charge on any atom is 0.257 e. The molecule has 2 aromatic heterocycles. The number of pyridine rings is 1. The largest absolute Gasteiger partial charge is 0.303 e. The van der Waals surface area contributed by atoms with Gasteiger partial charge in [0.25, 0.3) is 5.56 Å². The van der Waals surface area contributed by atoms with Crippen molar-refractivity contribution in [3.63, 3.8) is 0 Å². The van der Waals surface area contributed by atoms with Gasteiger partial charge in [-0.15, -0.1) is 11.3 Å². The third-order valence-corrected chi connectivity index (χ3v) is 6.58. The minimum absolute atomic E-state index is 0.0450. The lowest BCUT2D eigenvalue weighted by atomic mass is 9.77. The van der Waals surface area contributed by atoms with Crippen LogP contribution in [0.15, 0.2) is 29.2 Å². The van der Waals surface area contributed by atoms with Gasteiger partial charge in [-0.3, -0.25) is 9.36 Å². The van der Waals surface area contributed by atoms with Crippen LogP contribution in [-0.2, 0) is 0 Å². The number of fused-ring (bicyclic) bond motifs is 3. The first-order valence-electron chi connectivity index (χ1n) is 8.54. The lowest BCUT2D eigenvalue weighted by Gasteiger charge is -2.45. The van der Waals surface area contributed by atoms with E-state index in [1.165, 1.54) is 30.8 Å². The van der Waals surface area contributed by atoms with Crippen molar-refractivity contribution in [2.24, 2.45) is 5.92 Å². The summed E-state index contributed by atoms with van der Waals surface area (Å²) >= 11 is 1.64. The molecule has 0 aromatic carbocycles. The van der Waals surface area contributed by atoms with E-state index in [1.807, 2.05) is 16.8 Å². The number of aromatic nitrogens is 2. The van der Waals surface area contributed by atoms with Gasteiger partial charge in [0.2, 0.25) is 0 Å². The molecule has 5 rings (SSSR count). The van der Waals surface area contributed by atoms with E-state index in [0.717, 1.165) is 17.4 Å². The van der Waals surface area contributed by atoms with E-state index in [9.17, 15) is 4.79 Å². The van der Waals surface area contributed by atoms with Crippen LogP contribution in [0.1, 0.15) is 49.1 Å². The van der Waals surface area contributed by atoms with Crippen molar-refractivity contribution < 1.29 is 0 Å². The Bertz CT molecular complexity index is 756. The monoisotopic (exact) mass is 329 g/mol. The van der Waals surface area contributed by atoms with E-state index in [1.54, 1.807) is 17.4 Å². The molecule has 5 heterocycles. The fourth-order valence-electron chi connectivity index (χ4n) is 3.95. The van der Waals surface area contributed by atoms with Crippen LogP contribution in [0, 0.1) is 5.92 Å². The summed E-state index contributed by atoms with van der Waals surface area (Å²) < 4.78 is 1.86. The normalized spacial score (nSPS) is 26.8. The first kappa shape index (κ1) is 15.1. The maximum atomic E-state index is 12.6. The van der Waals surface area contributed by atoms with Gasteiger partial charge in [-0.1, -0.05) is 19.9 Å². The van der Waals surface area contributed by atoms with Crippen molar-refractivity contribution >= 4 is 11.3 Å². The van der Waals surface area contributed by atoms with Crippen LogP contribution >= 0.6 is 11.3 Å². The van der Waals surface area contributed by atoms with Gasteiger partial charge in [0.1, 0.15) is 0 Å². The molecule has 23 heavy (non-hydrogen) atoms. The molecular weight excluding hydrogens is 306 g/mol. The zero-order chi connectivity index (χ0) is 16.0. The highest BCUT2D eigenvalue weighted by Crippen LogP contribution is 2.39. The van der Waals surface area contributed by atoms with Gasteiger partial charge in [-0.2, -0.15) is 0 Å². The number of hydrogen-bond acceptors (Lipinski definition) is 4. The van der Waals surface area contributed by atoms with E-state index in [0.29, 0.717) is 17.8 Å². The minimum Gasteiger partial charge on any atom is -0.303 e. The van der Waals surface area contributed by atoms with Crippen molar-refractivity contribution in [3.05, 3.63) is 45.3 Å². The Morgan fingerprint density at radius 1 is 1.26 bits per heavy atom. The first-order valence-corrected chi connectivity index (χ1v) is 9.35. The van der Waals surface area contributed by atoms with Crippen LogP contribution in [0.4, 0.5) is 0 Å². The standard InChI is InChI=1S/C18H23N3OS/c1-12(2)16-10-19-18(23-16)21-15(4-3-5-17(21)22)14-11-20-8-6-13(14)7-9-20/h3-5,10,12-14H,6-9,11H2,1-2H3. The van der Waals surface area contributed by atoms with Crippen molar-refractivity contribution in [1.82, 2.24) is 14.5 Å². The molecule has 2 aromatic rings. The average molecular weight is 329 g/mol. The van der Waals surface area contributed by atoms with Crippen LogP contribution in [0.5, 0.6) is 0 Å². The summed E-state index contributed by atoms with van der Waals surface area (Å²) in [5.41, 5.74) is 1.19. The van der Waals surface area contributed by atoms with Gasteiger partial charge < -0.3 is 4.90 Å². The molecule has 3 saturated heterocycles. The van der Waals surface area contributed by atoms with Crippen LogP contribution in [-0.4, -0.2) is 34.1 Å². The molecule has 122 valence electrons. The molecule has 3 aliphatic rings. The van der Waals surface area contributed by atoms with Gasteiger partial charge in [-0.25, -0.2) is 4.98 Å². The van der Waals surface area contributed by atoms with E-state index < -0.39 is 0 Å². The Morgan fingerprint density at radius 3 is 2.65 bits per heavy atom. The van der Waals surface area contributed by atoms with Crippen LogP contribution in [0.25, 0.3) is 5.13 Å². The number of thiazole rings is 1. The Balaban J connectivity index is 1.79. The predicted octanol–water partition coefficient (Wildman–Crippen LogP) is 3.23. The summed E-state index contributed by atoms with van der Waals surface area (Å²) in [5, 5.41) is 0.825. The van der Waals surface area contributed by atoms with Crippen molar-refractivity contribution in [3.8, 4) is 5.13 Å². The molecule has 4 nitrogen and oxygen atoms in total. The van der Waals surface area contributed by atoms with E-state index in [4.69, 9.17) is 0 Å². The molecule has 2 bridgehead atoms. The summed E-state index contributed by atoms with van der Waals surface area (Å²) in [5.74, 6) is 1.61. The molecule has 5 heteroatoms. The second-order valence-electron chi connectivity index (χ2n) is 7.07. The second kappa shape index (κ2) is 5.87. The Labute approximate surface area is 140 Å². The summed E-state index contributed by atoms with van der Waals surface area (Å²) in [6.07, 6.45) is 4.43. The molecule has 0 saturated carbocycles. The molecule has 0 aliphatic carbocycles. The molecule has 1 atom stereocenters.